The van der Waals surface area contributed by atoms with E-state index in [4.69, 9.17) is 0 Å². The van der Waals surface area contributed by atoms with Gasteiger partial charge in [-0.25, -0.2) is 0 Å². The highest BCUT2D eigenvalue weighted by atomic mass is 32.1. The van der Waals surface area contributed by atoms with Gasteiger partial charge in [-0.2, -0.15) is 0 Å². The van der Waals surface area contributed by atoms with Crippen LogP contribution in [0.15, 0.2) is 216 Å². The first kappa shape index (κ1) is 95.5. The minimum atomic E-state index is 0.0253. The zero-order valence-corrected chi connectivity index (χ0v) is 79.0. The van der Waals surface area contributed by atoms with Crippen molar-refractivity contribution in [3.8, 4) is 44.5 Å². The molecule has 8 aromatic heterocycles. The number of nitrogens with zero attached hydrogens (tertiary/aromatic N) is 10. The lowest BCUT2D eigenvalue weighted by atomic mass is 10.0. The van der Waals surface area contributed by atoms with E-state index < -0.39 is 0 Å². The van der Waals surface area contributed by atoms with Gasteiger partial charge >= 0.3 is 0 Å². The van der Waals surface area contributed by atoms with E-state index in [0.29, 0.717) is 25.7 Å². The molecule has 0 atom stereocenters. The molecular formula is C105H129N15O4S4. The van der Waals surface area contributed by atoms with Crippen LogP contribution in [0.3, 0.4) is 0 Å². The molecule has 0 spiro atoms. The third-order valence-electron chi connectivity index (χ3n) is 23.9. The predicted octanol–water partition coefficient (Wildman–Crippen LogP) is 19.6. The Morgan fingerprint density at radius 1 is 0.297 bits per heavy atom. The third kappa shape index (κ3) is 32.8. The van der Waals surface area contributed by atoms with Crippen molar-refractivity contribution in [2.45, 2.75) is 137 Å². The van der Waals surface area contributed by atoms with Crippen molar-refractivity contribution in [3.63, 3.8) is 0 Å². The summed E-state index contributed by atoms with van der Waals surface area (Å²) in [6, 6.07) is 58.3. The molecule has 23 heteroatoms. The fourth-order valence-corrected chi connectivity index (χ4v) is 20.1. The maximum Gasteiger partial charge on any atom is 0.229 e. The number of hydrogen-bond donors (Lipinski definition) is 5. The lowest BCUT2D eigenvalue weighted by Crippen LogP contribution is -2.44. The van der Waals surface area contributed by atoms with Crippen molar-refractivity contribution < 1.29 is 19.2 Å². The number of piperidine rings is 1. The topological polar surface area (TPSA) is 199 Å². The van der Waals surface area contributed by atoms with Gasteiger partial charge in [0, 0.05) is 148 Å². The molecule has 12 heterocycles. The second-order valence-electron chi connectivity index (χ2n) is 34.6. The van der Waals surface area contributed by atoms with E-state index in [1.807, 2.05) is 119 Å². The molecule has 4 amide bonds. The molecule has 19 nitrogen and oxygen atoms in total. The molecule has 128 heavy (non-hydrogen) atoms. The third-order valence-corrected chi connectivity index (χ3v) is 27.3. The summed E-state index contributed by atoms with van der Waals surface area (Å²) in [7, 11) is 4.39. The van der Waals surface area contributed by atoms with Gasteiger partial charge < -0.3 is 56.0 Å². The lowest BCUT2D eigenvalue weighted by Gasteiger charge is -2.32. The largest absolute Gasteiger partial charge is 0.317 e. The van der Waals surface area contributed by atoms with Crippen LogP contribution in [-0.4, -0.2) is 205 Å². The monoisotopic (exact) mass is 1790 g/mol. The number of pyridine rings is 4. The zero-order valence-electron chi connectivity index (χ0n) is 75.8. The highest BCUT2D eigenvalue weighted by Gasteiger charge is 2.20. The predicted molar refractivity (Wildman–Crippen MR) is 534 cm³/mol. The number of nitrogens with one attached hydrogen (secondary N) is 5. The van der Waals surface area contributed by atoms with Gasteiger partial charge in [0.05, 0.1) is 45.7 Å². The fraction of sp³-hybridized carbons (Fsp3) is 0.390. The molecule has 0 aliphatic carbocycles. The number of benzene rings is 4. The summed E-state index contributed by atoms with van der Waals surface area (Å²) in [5.74, 6) is 0.115. The van der Waals surface area contributed by atoms with Gasteiger partial charge in [0.2, 0.25) is 23.6 Å². The second-order valence-corrected chi connectivity index (χ2v) is 38.3. The molecular weight excluding hydrogens is 1660 g/mol. The number of aromatic nitrogens is 4. The standard InChI is InChI=1S/C27H34N4OS.C27H33N3OS.C26H32N4OS.C25H30N4OS/c1-21-16-24(9-10-28-21)25-19-27(33-20-25)29-26(32)18-23-8-5-7-22(17-23)6-3-4-11-31-14-12-30(2)13-15-31;1-21-16-24(11-12-28-21)25-19-27(32-20-25)29-26(31)18-23-10-7-9-22(17-23)8-3-6-15-30-13-4-2-5-14-30;1-20-15-23(8-9-27-20)24-18-26(32-19-24)28-25(31)17-22-6-3-5-21(16-22)7-4-10-30-13-11-29(2)12-14-30;1-19-14-22(7-8-27-19)23-17-25(31-18-23)28-24(30)16-21-5-2-4-20(15-21)6-3-11-29-12-9-26-10-13-29/h5,7-10,16-17,19-20H,3-4,6,11-15,18H2,1-2H3,(H,29,32);7,9-12,16-17,19-20H,2-6,8,13-15,18H2,1H3,(H,29,31);3,5-6,8-9,15-16,18-19H,4,7,10-14,17H2,1-2H3,(H,28,31);2,4-5,7-8,14-15,17-18,26H,3,6,9-13,16H2,1H3,(H,28,30). The van der Waals surface area contributed by atoms with Gasteiger partial charge in [0.1, 0.15) is 0 Å². The van der Waals surface area contributed by atoms with Gasteiger partial charge in [0.15, 0.2) is 0 Å². The number of amides is 4. The van der Waals surface area contributed by atoms with Crippen molar-refractivity contribution in [1.82, 2.24) is 54.7 Å². The highest BCUT2D eigenvalue weighted by Crippen LogP contribution is 2.34. The molecule has 16 rings (SSSR count). The minimum Gasteiger partial charge on any atom is -0.317 e. The van der Waals surface area contributed by atoms with Crippen molar-refractivity contribution >= 4 is 89.0 Å². The molecule has 0 radical (unpaired) electrons. The Labute approximate surface area is 775 Å². The molecule has 5 N–H and O–H groups in total. The number of likely N-dealkylation sites (N-methyl/N-ethyl adjacent to an activating group) is 2. The molecule has 672 valence electrons. The maximum absolute atomic E-state index is 12.6. The van der Waals surface area contributed by atoms with Crippen LogP contribution in [-0.2, 0) is 70.5 Å². The van der Waals surface area contributed by atoms with Crippen LogP contribution in [0.5, 0.6) is 0 Å². The number of piperazine rings is 3. The summed E-state index contributed by atoms with van der Waals surface area (Å²) in [5, 5.41) is 27.4. The van der Waals surface area contributed by atoms with E-state index in [2.05, 4.69) is 215 Å². The summed E-state index contributed by atoms with van der Waals surface area (Å²) >= 11 is 6.23. The number of anilines is 4. The Kier molecular flexibility index (Phi) is 37.8. The van der Waals surface area contributed by atoms with E-state index in [-0.39, 0.29) is 23.6 Å². The van der Waals surface area contributed by atoms with Crippen LogP contribution >= 0.6 is 45.3 Å². The van der Waals surface area contributed by atoms with Crippen LogP contribution < -0.4 is 26.6 Å². The van der Waals surface area contributed by atoms with Crippen LogP contribution in [0.25, 0.3) is 44.5 Å². The molecule has 12 aromatic rings. The number of carbonyl (C=O) groups is 4. The summed E-state index contributed by atoms with van der Waals surface area (Å²) < 4.78 is 0. The minimum absolute atomic E-state index is 0.0253. The van der Waals surface area contributed by atoms with Crippen molar-refractivity contribution in [2.24, 2.45) is 0 Å². The average molecular weight is 1790 g/mol. The molecule has 4 aromatic carbocycles. The fourth-order valence-electron chi connectivity index (χ4n) is 16.8. The molecule has 0 saturated carbocycles. The number of carbonyl (C=O) groups excluding carboxylic acids is 4. The Morgan fingerprint density at radius 2 is 0.562 bits per heavy atom. The maximum atomic E-state index is 12.6. The van der Waals surface area contributed by atoms with Crippen molar-refractivity contribution in [2.75, 3.05) is 153 Å². The first-order valence-corrected chi connectivity index (χ1v) is 49.5. The summed E-state index contributed by atoms with van der Waals surface area (Å²) in [6.07, 6.45) is 24.5. The number of hydrogen-bond acceptors (Lipinski definition) is 19. The van der Waals surface area contributed by atoms with Gasteiger partial charge in [0.25, 0.3) is 0 Å². The number of unbranched alkanes of at least 4 members (excludes halogenated alkanes) is 2. The van der Waals surface area contributed by atoms with Gasteiger partial charge in [-0.05, 0) is 320 Å². The first-order chi connectivity index (χ1) is 62.4. The Morgan fingerprint density at radius 3 is 0.859 bits per heavy atom. The number of likely N-dealkylation sites (tertiary alicyclic amines) is 1. The lowest BCUT2D eigenvalue weighted by molar-refractivity contribution is -0.116. The Balaban J connectivity index is 0.000000146. The summed E-state index contributed by atoms with van der Waals surface area (Å²) in [6.45, 7) is 29.1. The van der Waals surface area contributed by atoms with Gasteiger partial charge in [-0.3, -0.25) is 39.1 Å². The van der Waals surface area contributed by atoms with Crippen LogP contribution in [0.4, 0.5) is 20.0 Å². The molecule has 4 aliphatic heterocycles. The van der Waals surface area contributed by atoms with E-state index >= 15 is 0 Å². The zero-order chi connectivity index (χ0) is 89.0. The van der Waals surface area contributed by atoms with Crippen molar-refractivity contribution in [1.29, 1.82) is 0 Å². The quantitative estimate of drug-likeness (QED) is 0.0238. The van der Waals surface area contributed by atoms with E-state index in [1.165, 1.54) is 146 Å². The van der Waals surface area contributed by atoms with Gasteiger partial charge in [-0.1, -0.05) is 103 Å². The molecule has 0 bridgehead atoms. The summed E-state index contributed by atoms with van der Waals surface area (Å²) in [4.78, 5) is 82.5. The Bertz CT molecular complexity index is 5460. The van der Waals surface area contributed by atoms with Crippen molar-refractivity contribution in [3.05, 3.63) is 283 Å². The number of aryl methyl sites for hydroxylation is 8. The van der Waals surface area contributed by atoms with Crippen LogP contribution in [0.1, 0.15) is 125 Å². The van der Waals surface area contributed by atoms with Crippen LogP contribution in [0.2, 0.25) is 0 Å². The number of thiophene rings is 4. The van der Waals surface area contributed by atoms with E-state index in [1.54, 1.807) is 45.3 Å². The second kappa shape index (κ2) is 50.7. The Hall–Kier alpha value is -10.1. The van der Waals surface area contributed by atoms with Crippen LogP contribution in [0, 0.1) is 27.7 Å². The van der Waals surface area contributed by atoms with E-state index in [0.717, 1.165) is 187 Å². The summed E-state index contributed by atoms with van der Waals surface area (Å²) in [5.41, 5.74) is 22.5. The molecule has 4 aliphatic rings. The average Bonchev–Trinajstić information content (AvgIpc) is 1.71. The molecule has 4 saturated heterocycles. The SMILES string of the molecule is Cc1cc(-c2csc(NC(=O)Cc3cccc(CCCCN4CCCCC4)c3)c2)ccn1.Cc1cc(-c2csc(NC(=O)Cc3cccc(CCCCN4CCN(C)CC4)c3)c2)ccn1.Cc1cc(-c2csc(NC(=O)Cc3cccc(CCCN4CCN(C)CC4)c3)c2)ccn1.Cc1cc(-c2csc(NC(=O)Cc3cccc(CCCN4CCNCC4)c3)c2)ccn1. The molecule has 0 unspecified atom stereocenters. The first-order valence-electron chi connectivity index (χ1n) is 46.0. The number of rotatable bonds is 34. The molecule has 4 fully saturated rings. The highest BCUT2D eigenvalue weighted by molar-refractivity contribution is 7.15. The van der Waals surface area contributed by atoms with E-state index in [9.17, 15) is 19.2 Å². The normalized spacial score (nSPS) is 14.7. The van der Waals surface area contributed by atoms with Gasteiger partial charge in [-0.15, -0.1) is 45.3 Å². The smallest absolute Gasteiger partial charge is 0.229 e.